The van der Waals surface area contributed by atoms with E-state index in [1.165, 1.54) is 0 Å². The fourth-order valence-electron chi connectivity index (χ4n) is 4.81. The van der Waals surface area contributed by atoms with Gasteiger partial charge in [0.2, 0.25) is 5.91 Å². The lowest BCUT2D eigenvalue weighted by atomic mass is 9.98. The van der Waals surface area contributed by atoms with Crippen LogP contribution in [0.2, 0.25) is 0 Å². The molecular formula is C31H33N5O3. The Morgan fingerprint density at radius 3 is 2.67 bits per heavy atom. The lowest BCUT2D eigenvalue weighted by Gasteiger charge is -2.27. The van der Waals surface area contributed by atoms with E-state index in [4.69, 9.17) is 4.74 Å². The first-order valence-electron chi connectivity index (χ1n) is 13.3. The van der Waals surface area contributed by atoms with Crippen molar-refractivity contribution in [3.05, 3.63) is 102 Å². The molecule has 4 aromatic rings. The summed E-state index contributed by atoms with van der Waals surface area (Å²) in [5.74, 6) is 0.771. The van der Waals surface area contributed by atoms with Crippen LogP contribution in [0, 0.1) is 0 Å². The molecule has 0 unspecified atom stereocenters. The predicted molar refractivity (Wildman–Crippen MR) is 149 cm³/mol. The van der Waals surface area contributed by atoms with E-state index in [0.29, 0.717) is 57.6 Å². The molecule has 2 amide bonds. The molecule has 2 aromatic carbocycles. The molecule has 1 aliphatic heterocycles. The second-order valence-corrected chi connectivity index (χ2v) is 9.77. The number of hydrogen-bond acceptors (Lipinski definition) is 5. The second kappa shape index (κ2) is 12.4. The maximum Gasteiger partial charge on any atom is 0.253 e. The number of aromatic nitrogens is 3. The second-order valence-electron chi connectivity index (χ2n) is 9.77. The Balaban J connectivity index is 1.39. The molecule has 2 bridgehead atoms. The van der Waals surface area contributed by atoms with Gasteiger partial charge in [-0.2, -0.15) is 5.10 Å². The summed E-state index contributed by atoms with van der Waals surface area (Å²) in [7, 11) is 1.78. The van der Waals surface area contributed by atoms with E-state index in [1.54, 1.807) is 29.2 Å². The van der Waals surface area contributed by atoms with Crippen molar-refractivity contribution in [1.29, 1.82) is 0 Å². The Kier molecular flexibility index (Phi) is 8.31. The van der Waals surface area contributed by atoms with Crippen molar-refractivity contribution < 1.29 is 14.3 Å². The van der Waals surface area contributed by atoms with Crippen molar-refractivity contribution in [2.24, 2.45) is 0 Å². The number of nitrogens with zero attached hydrogens (tertiary/aromatic N) is 5. The molecule has 0 spiro atoms. The molecule has 3 heterocycles. The van der Waals surface area contributed by atoms with E-state index in [9.17, 15) is 9.59 Å². The number of likely N-dealkylation sites (N-methyl/N-ethyl adjacent to an activating group) is 1. The van der Waals surface area contributed by atoms with Crippen molar-refractivity contribution in [1.82, 2.24) is 24.6 Å². The number of benzene rings is 2. The molecule has 0 saturated heterocycles. The quantitative estimate of drug-likeness (QED) is 0.390. The Bertz CT molecular complexity index is 1410. The van der Waals surface area contributed by atoms with Gasteiger partial charge in [0.25, 0.3) is 5.91 Å². The van der Waals surface area contributed by atoms with Crippen molar-refractivity contribution in [2.75, 3.05) is 33.3 Å². The van der Waals surface area contributed by atoms with Crippen LogP contribution in [-0.4, -0.2) is 69.7 Å². The molecule has 200 valence electrons. The largest absolute Gasteiger partial charge is 0.491 e. The average molecular weight is 524 g/mol. The maximum absolute atomic E-state index is 13.2. The van der Waals surface area contributed by atoms with Crippen LogP contribution in [-0.2, 0) is 17.8 Å². The van der Waals surface area contributed by atoms with E-state index in [0.717, 1.165) is 28.0 Å². The highest BCUT2D eigenvalue weighted by Crippen LogP contribution is 2.29. The van der Waals surface area contributed by atoms with E-state index in [-0.39, 0.29) is 11.8 Å². The van der Waals surface area contributed by atoms with Crippen LogP contribution in [0.4, 0.5) is 0 Å². The van der Waals surface area contributed by atoms with E-state index >= 15 is 0 Å². The minimum atomic E-state index is -0.0550. The molecule has 2 aromatic heterocycles. The van der Waals surface area contributed by atoms with Gasteiger partial charge in [-0.3, -0.25) is 19.3 Å². The highest BCUT2D eigenvalue weighted by atomic mass is 16.5. The van der Waals surface area contributed by atoms with Gasteiger partial charge < -0.3 is 14.5 Å². The smallest absolute Gasteiger partial charge is 0.253 e. The van der Waals surface area contributed by atoms with Gasteiger partial charge in [0.15, 0.2) is 0 Å². The molecule has 5 rings (SSSR count). The van der Waals surface area contributed by atoms with E-state index in [2.05, 4.69) is 16.1 Å². The summed E-state index contributed by atoms with van der Waals surface area (Å²) in [4.78, 5) is 34.1. The van der Waals surface area contributed by atoms with Crippen molar-refractivity contribution in [3.63, 3.8) is 0 Å². The average Bonchev–Trinajstić information content (AvgIpc) is 3.48. The third-order valence-electron chi connectivity index (χ3n) is 6.98. The van der Waals surface area contributed by atoms with Crippen molar-refractivity contribution in [2.45, 2.75) is 25.8 Å². The standard InChI is InChI=1S/C31H33N5O3/c1-34-16-17-35(30(37)9-4-14-36-15-5-13-33-36)18-19-39-29-11-10-25(27-8-3-12-32-23-27)22-28(29)21-24-6-2-7-26(20-24)31(34)38/h2-3,5-8,10-13,15,20,22-23H,4,9,14,16-19,21H2,1H3. The normalized spacial score (nSPS) is 14.3. The lowest BCUT2D eigenvalue weighted by Crippen LogP contribution is -2.41. The van der Waals surface area contributed by atoms with Crippen LogP contribution in [0.15, 0.2) is 85.5 Å². The molecule has 0 saturated carbocycles. The fourth-order valence-corrected chi connectivity index (χ4v) is 4.81. The fraction of sp³-hybridized carbons (Fsp3) is 0.290. The first-order valence-corrected chi connectivity index (χ1v) is 13.3. The van der Waals surface area contributed by atoms with E-state index in [1.807, 2.05) is 71.7 Å². The molecule has 39 heavy (non-hydrogen) atoms. The summed E-state index contributed by atoms with van der Waals surface area (Å²) in [5.41, 5.74) is 4.76. The van der Waals surface area contributed by atoms with Gasteiger partial charge in [0.05, 0.1) is 6.54 Å². The van der Waals surface area contributed by atoms with Crippen LogP contribution in [0.5, 0.6) is 5.75 Å². The molecule has 8 heteroatoms. The first-order chi connectivity index (χ1) is 19.1. The van der Waals surface area contributed by atoms with Gasteiger partial charge in [-0.15, -0.1) is 0 Å². The third-order valence-corrected chi connectivity index (χ3v) is 6.98. The molecule has 0 fully saturated rings. The zero-order chi connectivity index (χ0) is 27.0. The number of ether oxygens (including phenoxy) is 1. The van der Waals surface area contributed by atoms with Crippen molar-refractivity contribution >= 4 is 11.8 Å². The van der Waals surface area contributed by atoms with E-state index < -0.39 is 0 Å². The van der Waals surface area contributed by atoms with Gasteiger partial charge in [-0.25, -0.2) is 0 Å². The zero-order valence-corrected chi connectivity index (χ0v) is 22.2. The number of carbonyl (C=O) groups is 2. The Morgan fingerprint density at radius 1 is 0.949 bits per heavy atom. The molecule has 8 nitrogen and oxygen atoms in total. The number of rotatable bonds is 5. The number of fused-ring (bicyclic) bond motifs is 3. The van der Waals surface area contributed by atoms with Crippen LogP contribution in [0.25, 0.3) is 11.1 Å². The Hall–Kier alpha value is -4.46. The van der Waals surface area contributed by atoms with Gasteiger partial charge in [0.1, 0.15) is 12.4 Å². The summed E-state index contributed by atoms with van der Waals surface area (Å²) in [6, 6.07) is 19.7. The SMILES string of the molecule is CN1CCN(C(=O)CCCn2cccn2)CCOc2ccc(-c3cccnc3)cc2Cc2cccc(c2)C1=O. The van der Waals surface area contributed by atoms with Gasteiger partial charge in [-0.1, -0.05) is 24.3 Å². The minimum absolute atomic E-state index is 0.0489. The van der Waals surface area contributed by atoms with Crippen LogP contribution in [0.3, 0.4) is 0 Å². The minimum Gasteiger partial charge on any atom is -0.491 e. The highest BCUT2D eigenvalue weighted by Gasteiger charge is 2.19. The highest BCUT2D eigenvalue weighted by molar-refractivity contribution is 5.94. The van der Waals surface area contributed by atoms with Gasteiger partial charge >= 0.3 is 0 Å². The van der Waals surface area contributed by atoms with Crippen LogP contribution < -0.4 is 4.74 Å². The number of pyridine rings is 1. The summed E-state index contributed by atoms with van der Waals surface area (Å²) in [6.45, 7) is 2.38. The summed E-state index contributed by atoms with van der Waals surface area (Å²) in [5, 5.41) is 4.21. The number of hydrogen-bond donors (Lipinski definition) is 0. The van der Waals surface area contributed by atoms with Gasteiger partial charge in [-0.05, 0) is 59.5 Å². The molecule has 0 radical (unpaired) electrons. The summed E-state index contributed by atoms with van der Waals surface area (Å²) < 4.78 is 8.11. The number of carbonyl (C=O) groups excluding carboxylic acids is 2. The molecule has 0 atom stereocenters. The lowest BCUT2D eigenvalue weighted by molar-refractivity contribution is -0.131. The molecule has 0 N–H and O–H groups in total. The molecular weight excluding hydrogens is 490 g/mol. The third kappa shape index (κ3) is 6.71. The summed E-state index contributed by atoms with van der Waals surface area (Å²) in [6.07, 6.45) is 8.95. The Morgan fingerprint density at radius 2 is 1.85 bits per heavy atom. The summed E-state index contributed by atoms with van der Waals surface area (Å²) >= 11 is 0. The molecule has 1 aliphatic rings. The van der Waals surface area contributed by atoms with Crippen molar-refractivity contribution in [3.8, 4) is 16.9 Å². The zero-order valence-electron chi connectivity index (χ0n) is 22.2. The van der Waals surface area contributed by atoms with Crippen LogP contribution in [0.1, 0.15) is 34.3 Å². The predicted octanol–water partition coefficient (Wildman–Crippen LogP) is 4.31. The molecule has 0 aliphatic carbocycles. The maximum atomic E-state index is 13.2. The topological polar surface area (TPSA) is 80.6 Å². The Labute approximate surface area is 228 Å². The van der Waals surface area contributed by atoms with Crippen LogP contribution >= 0.6 is 0 Å². The van der Waals surface area contributed by atoms with Gasteiger partial charge in [0, 0.05) is 75.4 Å². The number of amides is 2. The number of aryl methyl sites for hydroxylation is 1. The first kappa shape index (κ1) is 26.2. The monoisotopic (exact) mass is 523 g/mol.